The van der Waals surface area contributed by atoms with Crippen molar-refractivity contribution in [2.75, 3.05) is 0 Å². The van der Waals surface area contributed by atoms with Crippen LogP contribution in [-0.4, -0.2) is 35.9 Å². The van der Waals surface area contributed by atoms with Crippen LogP contribution in [0.25, 0.3) is 0 Å². The van der Waals surface area contributed by atoms with Crippen LogP contribution in [0.5, 0.6) is 0 Å². The molecule has 0 aromatic carbocycles. The van der Waals surface area contributed by atoms with Crippen molar-refractivity contribution in [1.82, 2.24) is 24.8 Å². The summed E-state index contributed by atoms with van der Waals surface area (Å²) in [5.41, 5.74) is -0.0708. The molecule has 2 aromatic heterocycles. The summed E-state index contributed by atoms with van der Waals surface area (Å²) in [5.74, 6) is -1.09. The van der Waals surface area contributed by atoms with Gasteiger partial charge in [0.15, 0.2) is 5.69 Å². The van der Waals surface area contributed by atoms with E-state index in [0.717, 1.165) is 0 Å². The van der Waals surface area contributed by atoms with E-state index in [0.29, 0.717) is 18.1 Å². The molecule has 0 unspecified atom stereocenters. The minimum Gasteiger partial charge on any atom is -0.476 e. The Morgan fingerprint density at radius 2 is 2.12 bits per heavy atom. The van der Waals surface area contributed by atoms with Crippen LogP contribution in [0.4, 0.5) is 0 Å². The zero-order valence-corrected chi connectivity index (χ0v) is 8.87. The van der Waals surface area contributed by atoms with Crippen molar-refractivity contribution in [3.8, 4) is 0 Å². The molecule has 0 saturated heterocycles. The number of nitrogens with zero attached hydrogens (tertiary/aromatic N) is 5. The summed E-state index contributed by atoms with van der Waals surface area (Å²) in [6, 6.07) is 0. The highest BCUT2D eigenvalue weighted by Gasteiger charge is 2.07. The fraction of sp³-hybridized carbons (Fsp3) is 0.250. The minimum absolute atomic E-state index is 0.0708. The monoisotopic (exact) mass is 241 g/mol. The molecule has 2 rings (SSSR count). The first-order chi connectivity index (χ1) is 7.65. The molecule has 0 spiro atoms. The number of aromatic nitrogens is 5. The molecule has 0 radical (unpaired) electrons. The first kappa shape index (κ1) is 10.6. The smallest absolute Gasteiger partial charge is 0.358 e. The average Bonchev–Trinajstić information content (AvgIpc) is 2.83. The number of rotatable bonds is 4. The molecule has 0 aliphatic carbocycles. The van der Waals surface area contributed by atoms with Gasteiger partial charge in [-0.15, -0.1) is 5.10 Å². The van der Waals surface area contributed by atoms with E-state index in [-0.39, 0.29) is 5.69 Å². The highest BCUT2D eigenvalue weighted by Crippen LogP contribution is 2.04. The first-order valence-electron chi connectivity index (χ1n) is 4.46. The number of hydrogen-bond acceptors (Lipinski definition) is 4. The van der Waals surface area contributed by atoms with Gasteiger partial charge in [-0.3, -0.25) is 4.68 Å². The van der Waals surface area contributed by atoms with Crippen LogP contribution >= 0.6 is 11.6 Å². The number of carboxylic acids is 1. The Hall–Kier alpha value is -1.89. The zero-order valence-electron chi connectivity index (χ0n) is 8.12. The topological polar surface area (TPSA) is 85.8 Å². The molecular formula is C8H8ClN5O2. The second-order valence-corrected chi connectivity index (χ2v) is 3.53. The van der Waals surface area contributed by atoms with Crippen LogP contribution < -0.4 is 0 Å². The standard InChI is InChI=1S/C8H8ClN5O2/c9-6-3-10-13(4-6)1-2-14-5-7(8(15)16)11-12-14/h3-5H,1-2H2,(H,15,16). The SMILES string of the molecule is O=C(O)c1cn(CCn2cc(Cl)cn2)nn1. The van der Waals surface area contributed by atoms with Gasteiger partial charge in [0.05, 0.1) is 30.5 Å². The fourth-order valence-corrected chi connectivity index (χ4v) is 1.33. The largest absolute Gasteiger partial charge is 0.476 e. The van der Waals surface area contributed by atoms with Crippen LogP contribution in [0.3, 0.4) is 0 Å². The molecule has 0 fully saturated rings. The van der Waals surface area contributed by atoms with Gasteiger partial charge < -0.3 is 5.11 Å². The Bertz CT molecular complexity index is 506. The van der Waals surface area contributed by atoms with Crippen LogP contribution in [0.2, 0.25) is 5.02 Å². The molecule has 0 bridgehead atoms. The molecule has 2 heterocycles. The molecule has 7 nitrogen and oxygen atoms in total. The van der Waals surface area contributed by atoms with Gasteiger partial charge in [-0.05, 0) is 0 Å². The van der Waals surface area contributed by atoms with Crippen molar-refractivity contribution in [3.63, 3.8) is 0 Å². The number of carboxylic acid groups (broad SMARTS) is 1. The van der Waals surface area contributed by atoms with E-state index >= 15 is 0 Å². The lowest BCUT2D eigenvalue weighted by Gasteiger charge is -1.99. The summed E-state index contributed by atoms with van der Waals surface area (Å²) in [6.45, 7) is 1.04. The molecule has 2 aromatic rings. The van der Waals surface area contributed by atoms with Crippen molar-refractivity contribution in [1.29, 1.82) is 0 Å². The second-order valence-electron chi connectivity index (χ2n) is 3.09. The van der Waals surface area contributed by atoms with Crippen molar-refractivity contribution in [3.05, 3.63) is 29.3 Å². The third kappa shape index (κ3) is 2.37. The Kier molecular flexibility index (Phi) is 2.86. The molecule has 84 valence electrons. The third-order valence-electron chi connectivity index (χ3n) is 1.92. The van der Waals surface area contributed by atoms with Gasteiger partial charge in [0.25, 0.3) is 0 Å². The van der Waals surface area contributed by atoms with Gasteiger partial charge in [0, 0.05) is 6.20 Å². The highest BCUT2D eigenvalue weighted by atomic mass is 35.5. The maximum Gasteiger partial charge on any atom is 0.358 e. The Morgan fingerprint density at radius 3 is 2.69 bits per heavy atom. The fourth-order valence-electron chi connectivity index (χ4n) is 1.17. The quantitative estimate of drug-likeness (QED) is 0.844. The van der Waals surface area contributed by atoms with E-state index < -0.39 is 5.97 Å². The van der Waals surface area contributed by atoms with Crippen LogP contribution in [0.1, 0.15) is 10.5 Å². The molecular weight excluding hydrogens is 234 g/mol. The molecule has 16 heavy (non-hydrogen) atoms. The lowest BCUT2D eigenvalue weighted by molar-refractivity contribution is 0.0690. The molecule has 0 atom stereocenters. The number of hydrogen-bond donors (Lipinski definition) is 1. The lowest BCUT2D eigenvalue weighted by atomic mass is 10.5. The Labute approximate surface area is 95.2 Å². The van der Waals surface area contributed by atoms with Crippen molar-refractivity contribution in [2.24, 2.45) is 0 Å². The summed E-state index contributed by atoms with van der Waals surface area (Å²) in [4.78, 5) is 10.5. The molecule has 0 amide bonds. The molecule has 0 aliphatic rings. The molecule has 0 saturated carbocycles. The third-order valence-corrected chi connectivity index (χ3v) is 2.11. The second kappa shape index (κ2) is 4.31. The lowest BCUT2D eigenvalue weighted by Crippen LogP contribution is -2.08. The zero-order chi connectivity index (χ0) is 11.5. The normalized spacial score (nSPS) is 10.6. The summed E-state index contributed by atoms with van der Waals surface area (Å²) >= 11 is 5.69. The number of carbonyl (C=O) groups is 1. The van der Waals surface area contributed by atoms with Gasteiger partial charge in [0.1, 0.15) is 0 Å². The number of halogens is 1. The molecule has 1 N–H and O–H groups in total. The van der Waals surface area contributed by atoms with E-state index in [1.54, 1.807) is 10.9 Å². The van der Waals surface area contributed by atoms with Gasteiger partial charge in [-0.25, -0.2) is 9.48 Å². The van der Waals surface area contributed by atoms with Crippen molar-refractivity contribution < 1.29 is 9.90 Å². The Balaban J connectivity index is 1.97. The van der Waals surface area contributed by atoms with E-state index in [2.05, 4.69) is 15.4 Å². The summed E-state index contributed by atoms with van der Waals surface area (Å²) in [6.07, 6.45) is 4.58. The van der Waals surface area contributed by atoms with Crippen molar-refractivity contribution >= 4 is 17.6 Å². The predicted octanol–water partition coefficient (Wildman–Crippen LogP) is 0.526. The first-order valence-corrected chi connectivity index (χ1v) is 4.84. The molecule has 8 heteroatoms. The highest BCUT2D eigenvalue weighted by molar-refractivity contribution is 6.30. The van der Waals surface area contributed by atoms with Gasteiger partial charge in [0.2, 0.25) is 0 Å². The maximum absolute atomic E-state index is 10.5. The van der Waals surface area contributed by atoms with Gasteiger partial charge in [-0.1, -0.05) is 16.8 Å². The number of aryl methyl sites for hydroxylation is 2. The van der Waals surface area contributed by atoms with Crippen LogP contribution in [0.15, 0.2) is 18.6 Å². The number of aromatic carboxylic acids is 1. The Morgan fingerprint density at radius 1 is 1.38 bits per heavy atom. The predicted molar refractivity (Wildman–Crippen MR) is 54.2 cm³/mol. The van der Waals surface area contributed by atoms with Crippen LogP contribution in [0, 0.1) is 0 Å². The summed E-state index contributed by atoms with van der Waals surface area (Å²) < 4.78 is 3.09. The summed E-state index contributed by atoms with van der Waals surface area (Å²) in [7, 11) is 0. The van der Waals surface area contributed by atoms with Crippen LogP contribution in [-0.2, 0) is 13.1 Å². The van der Waals surface area contributed by atoms with E-state index in [1.807, 2.05) is 0 Å². The van der Waals surface area contributed by atoms with E-state index in [9.17, 15) is 4.79 Å². The minimum atomic E-state index is -1.09. The molecule has 0 aliphatic heterocycles. The maximum atomic E-state index is 10.5. The van der Waals surface area contributed by atoms with E-state index in [4.69, 9.17) is 16.7 Å². The van der Waals surface area contributed by atoms with Gasteiger partial charge >= 0.3 is 5.97 Å². The van der Waals surface area contributed by atoms with Gasteiger partial charge in [-0.2, -0.15) is 5.10 Å². The van der Waals surface area contributed by atoms with E-state index in [1.165, 1.54) is 17.1 Å². The van der Waals surface area contributed by atoms with Crippen molar-refractivity contribution in [2.45, 2.75) is 13.1 Å². The average molecular weight is 242 g/mol. The summed E-state index contributed by atoms with van der Waals surface area (Å²) in [5, 5.41) is 20.3.